The van der Waals surface area contributed by atoms with E-state index in [1.165, 1.54) is 0 Å². The summed E-state index contributed by atoms with van der Waals surface area (Å²) in [5.41, 5.74) is 12.8. The Morgan fingerprint density at radius 3 is 2.62 bits per heavy atom. The van der Waals surface area contributed by atoms with E-state index < -0.39 is 6.04 Å². The molecular weight excluding hydrogens is 168 g/mol. The first-order valence-electron chi connectivity index (χ1n) is 4.01. The van der Waals surface area contributed by atoms with Gasteiger partial charge >= 0.3 is 0 Å². The number of nitrogens with two attached hydrogens (primary N) is 2. The summed E-state index contributed by atoms with van der Waals surface area (Å²) in [6.45, 7) is 1.64. The van der Waals surface area contributed by atoms with E-state index in [9.17, 15) is 5.11 Å². The molecule has 1 atom stereocenters. The van der Waals surface area contributed by atoms with Gasteiger partial charge in [-0.1, -0.05) is 6.07 Å². The molecule has 0 amide bonds. The third kappa shape index (κ3) is 1.91. The highest BCUT2D eigenvalue weighted by Gasteiger charge is 2.12. The molecular formula is C9H14N2O2. The second kappa shape index (κ2) is 3.64. The minimum absolute atomic E-state index is 0.0350. The van der Waals surface area contributed by atoms with Crippen LogP contribution in [0.3, 0.4) is 0 Å². The summed E-state index contributed by atoms with van der Waals surface area (Å²) in [7, 11) is 0. The van der Waals surface area contributed by atoms with Gasteiger partial charge < -0.3 is 21.7 Å². The van der Waals surface area contributed by atoms with E-state index in [4.69, 9.17) is 16.6 Å². The first kappa shape index (κ1) is 9.83. The molecule has 4 heteroatoms. The summed E-state index contributed by atoms with van der Waals surface area (Å²) < 4.78 is 0. The number of anilines is 1. The van der Waals surface area contributed by atoms with Crippen molar-refractivity contribution in [3.8, 4) is 5.75 Å². The van der Waals surface area contributed by atoms with Crippen molar-refractivity contribution in [2.75, 3.05) is 12.3 Å². The van der Waals surface area contributed by atoms with Crippen molar-refractivity contribution < 1.29 is 10.2 Å². The fourth-order valence-corrected chi connectivity index (χ4v) is 1.22. The fraction of sp³-hybridized carbons (Fsp3) is 0.333. The monoisotopic (exact) mass is 182 g/mol. The Labute approximate surface area is 76.8 Å². The van der Waals surface area contributed by atoms with Crippen LogP contribution in [-0.2, 0) is 0 Å². The van der Waals surface area contributed by atoms with Gasteiger partial charge in [-0.25, -0.2) is 0 Å². The number of phenolic OH excluding ortho intramolecular Hbond substituents is 1. The predicted molar refractivity (Wildman–Crippen MR) is 51.3 cm³/mol. The lowest BCUT2D eigenvalue weighted by atomic mass is 10.0. The van der Waals surface area contributed by atoms with Crippen LogP contribution in [0.25, 0.3) is 0 Å². The normalized spacial score (nSPS) is 12.8. The van der Waals surface area contributed by atoms with Crippen LogP contribution >= 0.6 is 0 Å². The Kier molecular flexibility index (Phi) is 2.75. The van der Waals surface area contributed by atoms with Crippen molar-refractivity contribution in [3.05, 3.63) is 23.3 Å². The molecule has 0 fully saturated rings. The molecule has 0 aromatic heterocycles. The lowest BCUT2D eigenvalue weighted by molar-refractivity contribution is 0.265. The molecule has 0 spiro atoms. The summed E-state index contributed by atoms with van der Waals surface area (Å²) in [5, 5.41) is 18.3. The van der Waals surface area contributed by atoms with Gasteiger partial charge in [-0.3, -0.25) is 0 Å². The minimum Gasteiger partial charge on any atom is -0.505 e. The smallest absolute Gasteiger partial charge is 0.143 e. The summed E-state index contributed by atoms with van der Waals surface area (Å²) in [5.74, 6) is -0.0350. The van der Waals surface area contributed by atoms with Gasteiger partial charge in [-0.15, -0.1) is 0 Å². The van der Waals surface area contributed by atoms with E-state index >= 15 is 0 Å². The number of benzene rings is 1. The second-order valence-electron chi connectivity index (χ2n) is 3.08. The molecule has 13 heavy (non-hydrogen) atoms. The van der Waals surface area contributed by atoms with Gasteiger partial charge in [0.15, 0.2) is 0 Å². The molecule has 0 saturated carbocycles. The number of nitrogen functional groups attached to an aromatic ring is 1. The molecule has 1 rings (SSSR count). The number of rotatable bonds is 2. The zero-order valence-electron chi connectivity index (χ0n) is 7.49. The molecule has 4 nitrogen and oxygen atoms in total. The lowest BCUT2D eigenvalue weighted by Gasteiger charge is -2.13. The molecule has 0 heterocycles. The minimum atomic E-state index is -0.581. The standard InChI is InChI=1S/C9H14N2O2/c1-5-2-6(8(11)4-12)9(13)7(10)3-5/h2-3,8,12-13H,4,10-11H2,1H3. The van der Waals surface area contributed by atoms with Crippen molar-refractivity contribution in [2.45, 2.75) is 13.0 Å². The topological polar surface area (TPSA) is 92.5 Å². The van der Waals surface area contributed by atoms with Crippen LogP contribution in [0.2, 0.25) is 0 Å². The molecule has 0 saturated heterocycles. The number of hydrogen-bond donors (Lipinski definition) is 4. The van der Waals surface area contributed by atoms with Crippen LogP contribution < -0.4 is 11.5 Å². The Bertz CT molecular complexity index is 313. The lowest BCUT2D eigenvalue weighted by Crippen LogP contribution is -2.15. The Morgan fingerprint density at radius 2 is 2.08 bits per heavy atom. The maximum Gasteiger partial charge on any atom is 0.143 e. The van der Waals surface area contributed by atoms with Crippen LogP contribution in [0.15, 0.2) is 12.1 Å². The van der Waals surface area contributed by atoms with Gasteiger partial charge in [0.1, 0.15) is 5.75 Å². The summed E-state index contributed by atoms with van der Waals surface area (Å²) in [6.07, 6.45) is 0. The zero-order chi connectivity index (χ0) is 10.0. The first-order valence-corrected chi connectivity index (χ1v) is 4.01. The zero-order valence-corrected chi connectivity index (χ0v) is 7.49. The first-order chi connectivity index (χ1) is 6.06. The molecule has 0 bridgehead atoms. The van der Waals surface area contributed by atoms with Gasteiger partial charge in [0.25, 0.3) is 0 Å². The van der Waals surface area contributed by atoms with Gasteiger partial charge in [-0.05, 0) is 18.6 Å². The summed E-state index contributed by atoms with van der Waals surface area (Å²) >= 11 is 0. The van der Waals surface area contributed by atoms with Crippen molar-refractivity contribution in [1.82, 2.24) is 0 Å². The van der Waals surface area contributed by atoms with Gasteiger partial charge in [0.05, 0.1) is 18.3 Å². The second-order valence-corrected chi connectivity index (χ2v) is 3.08. The van der Waals surface area contributed by atoms with Crippen molar-refractivity contribution in [3.63, 3.8) is 0 Å². The molecule has 0 aliphatic rings. The Hall–Kier alpha value is -1.26. The molecule has 1 unspecified atom stereocenters. The van der Waals surface area contributed by atoms with Crippen molar-refractivity contribution in [2.24, 2.45) is 5.73 Å². The quantitative estimate of drug-likeness (QED) is 0.390. The highest BCUT2D eigenvalue weighted by atomic mass is 16.3. The van der Waals surface area contributed by atoms with Gasteiger partial charge in [0.2, 0.25) is 0 Å². The van der Waals surface area contributed by atoms with Gasteiger partial charge in [0, 0.05) is 5.56 Å². The molecule has 72 valence electrons. The molecule has 1 aromatic carbocycles. The molecule has 0 radical (unpaired) electrons. The SMILES string of the molecule is Cc1cc(N)c(O)c(C(N)CO)c1. The van der Waals surface area contributed by atoms with Crippen LogP contribution in [0.5, 0.6) is 5.75 Å². The van der Waals surface area contributed by atoms with Crippen molar-refractivity contribution >= 4 is 5.69 Å². The highest BCUT2D eigenvalue weighted by molar-refractivity contribution is 5.58. The van der Waals surface area contributed by atoms with E-state index in [1.54, 1.807) is 12.1 Å². The van der Waals surface area contributed by atoms with Crippen LogP contribution in [-0.4, -0.2) is 16.8 Å². The molecule has 0 aliphatic carbocycles. The van der Waals surface area contributed by atoms with Crippen molar-refractivity contribution in [1.29, 1.82) is 0 Å². The molecule has 6 N–H and O–H groups in total. The maximum absolute atomic E-state index is 9.51. The summed E-state index contributed by atoms with van der Waals surface area (Å²) in [6, 6.07) is 2.79. The van der Waals surface area contributed by atoms with Gasteiger partial charge in [-0.2, -0.15) is 0 Å². The molecule has 1 aromatic rings. The summed E-state index contributed by atoms with van der Waals surface area (Å²) in [4.78, 5) is 0. The van der Waals surface area contributed by atoms with E-state index in [0.717, 1.165) is 5.56 Å². The fourth-order valence-electron chi connectivity index (χ4n) is 1.22. The van der Waals surface area contributed by atoms with Crippen LogP contribution in [0, 0.1) is 6.92 Å². The average molecular weight is 182 g/mol. The third-order valence-electron chi connectivity index (χ3n) is 1.91. The number of hydrogen-bond acceptors (Lipinski definition) is 4. The van der Waals surface area contributed by atoms with Crippen LogP contribution in [0.4, 0.5) is 5.69 Å². The predicted octanol–water partition coefficient (Wildman–Crippen LogP) is 0.275. The molecule has 0 aliphatic heterocycles. The van der Waals surface area contributed by atoms with E-state index in [1.807, 2.05) is 6.92 Å². The Balaban J connectivity index is 3.20. The van der Waals surface area contributed by atoms with E-state index in [-0.39, 0.29) is 12.4 Å². The number of aliphatic hydroxyl groups is 1. The third-order valence-corrected chi connectivity index (χ3v) is 1.91. The average Bonchev–Trinajstić information content (AvgIpc) is 2.10. The number of aryl methyl sites for hydroxylation is 1. The largest absolute Gasteiger partial charge is 0.505 e. The number of phenols is 1. The number of aromatic hydroxyl groups is 1. The van der Waals surface area contributed by atoms with E-state index in [0.29, 0.717) is 11.3 Å². The van der Waals surface area contributed by atoms with E-state index in [2.05, 4.69) is 0 Å². The Morgan fingerprint density at radius 1 is 1.46 bits per heavy atom. The van der Waals surface area contributed by atoms with Crippen LogP contribution in [0.1, 0.15) is 17.2 Å². The highest BCUT2D eigenvalue weighted by Crippen LogP contribution is 2.30. The number of aliphatic hydroxyl groups excluding tert-OH is 1. The maximum atomic E-state index is 9.51.